The van der Waals surface area contributed by atoms with Crippen LogP contribution in [-0.2, 0) is 0 Å². The molecule has 0 aliphatic rings. The van der Waals surface area contributed by atoms with Crippen molar-refractivity contribution >= 4 is 23.2 Å². The maximum atomic E-state index is 5.94. The minimum atomic E-state index is 0.0104. The second kappa shape index (κ2) is 4.10. The molecule has 1 atom stereocenters. The van der Waals surface area contributed by atoms with Crippen molar-refractivity contribution in [1.29, 1.82) is 0 Å². The van der Waals surface area contributed by atoms with Crippen LogP contribution in [0, 0.1) is 0 Å². The highest BCUT2D eigenvalue weighted by Gasteiger charge is 2.09. The zero-order valence-electron chi connectivity index (χ0n) is 6.64. The summed E-state index contributed by atoms with van der Waals surface area (Å²) < 4.78 is 0. The van der Waals surface area contributed by atoms with Crippen LogP contribution in [0.25, 0.3) is 0 Å². The second-order valence-corrected chi connectivity index (χ2v) is 3.32. The number of hydrogen-bond donors (Lipinski definition) is 2. The molecule has 0 amide bonds. The van der Waals surface area contributed by atoms with Crippen LogP contribution in [0.4, 0.5) is 0 Å². The van der Waals surface area contributed by atoms with E-state index in [2.05, 4.69) is 5.43 Å². The Balaban J connectivity index is 3.07. The number of hydrazine groups is 1. The quantitative estimate of drug-likeness (QED) is 0.575. The third kappa shape index (κ3) is 1.90. The molecular weight excluding hydrogens is 195 g/mol. The summed E-state index contributed by atoms with van der Waals surface area (Å²) in [6.45, 7) is 1.91. The predicted molar refractivity (Wildman–Crippen MR) is 52.2 cm³/mol. The third-order valence-corrected chi connectivity index (χ3v) is 2.53. The average Bonchev–Trinajstić information content (AvgIpc) is 2.08. The fraction of sp³-hybridized carbons (Fsp3) is 0.250. The van der Waals surface area contributed by atoms with E-state index in [0.717, 1.165) is 5.56 Å². The molecular formula is C8H10Cl2N2. The van der Waals surface area contributed by atoms with Gasteiger partial charge in [-0.05, 0) is 18.6 Å². The topological polar surface area (TPSA) is 38.0 Å². The Labute approximate surface area is 81.6 Å². The summed E-state index contributed by atoms with van der Waals surface area (Å²) in [7, 11) is 0. The smallest absolute Gasteiger partial charge is 0.0640 e. The molecule has 0 aromatic heterocycles. The first-order chi connectivity index (χ1) is 5.66. The number of nitrogens with one attached hydrogen (secondary N) is 1. The molecule has 0 unspecified atom stereocenters. The molecule has 2 nitrogen and oxygen atoms in total. The van der Waals surface area contributed by atoms with Crippen LogP contribution in [-0.4, -0.2) is 0 Å². The van der Waals surface area contributed by atoms with Crippen LogP contribution in [0.15, 0.2) is 18.2 Å². The van der Waals surface area contributed by atoms with Crippen LogP contribution < -0.4 is 11.3 Å². The predicted octanol–water partition coefficient (Wildman–Crippen LogP) is 2.52. The van der Waals surface area contributed by atoms with Crippen LogP contribution in [0.1, 0.15) is 18.5 Å². The van der Waals surface area contributed by atoms with Gasteiger partial charge in [0, 0.05) is 6.04 Å². The molecule has 4 heteroatoms. The molecule has 12 heavy (non-hydrogen) atoms. The van der Waals surface area contributed by atoms with Crippen molar-refractivity contribution < 1.29 is 0 Å². The Morgan fingerprint density at radius 2 is 2.08 bits per heavy atom. The summed E-state index contributed by atoms with van der Waals surface area (Å²) in [4.78, 5) is 0. The third-order valence-electron chi connectivity index (χ3n) is 1.70. The average molecular weight is 205 g/mol. The van der Waals surface area contributed by atoms with Gasteiger partial charge in [0.15, 0.2) is 0 Å². The SMILES string of the molecule is C[C@H](NN)c1cccc(Cl)c1Cl. The van der Waals surface area contributed by atoms with Gasteiger partial charge < -0.3 is 0 Å². The van der Waals surface area contributed by atoms with E-state index in [1.54, 1.807) is 6.07 Å². The molecule has 0 bridgehead atoms. The number of halogens is 2. The summed E-state index contributed by atoms with van der Waals surface area (Å²) in [5.41, 5.74) is 3.52. The molecule has 0 aliphatic carbocycles. The summed E-state index contributed by atoms with van der Waals surface area (Å²) >= 11 is 11.8. The van der Waals surface area contributed by atoms with Crippen molar-refractivity contribution in [2.24, 2.45) is 5.84 Å². The lowest BCUT2D eigenvalue weighted by Crippen LogP contribution is -2.25. The first kappa shape index (κ1) is 9.81. The molecule has 1 aromatic carbocycles. The normalized spacial score (nSPS) is 13.0. The van der Waals surface area contributed by atoms with Gasteiger partial charge in [-0.1, -0.05) is 35.3 Å². The van der Waals surface area contributed by atoms with Gasteiger partial charge in [-0.15, -0.1) is 0 Å². The lowest BCUT2D eigenvalue weighted by Gasteiger charge is -2.12. The first-order valence-electron chi connectivity index (χ1n) is 3.57. The number of nitrogens with two attached hydrogens (primary N) is 1. The van der Waals surface area contributed by atoms with Gasteiger partial charge in [-0.2, -0.15) is 0 Å². The maximum Gasteiger partial charge on any atom is 0.0640 e. The Bertz CT molecular complexity index is 276. The van der Waals surface area contributed by atoms with Crippen LogP contribution in [0.2, 0.25) is 10.0 Å². The fourth-order valence-electron chi connectivity index (χ4n) is 0.945. The Kier molecular flexibility index (Phi) is 3.35. The molecule has 0 fully saturated rings. The molecule has 0 saturated heterocycles. The molecule has 0 aliphatic heterocycles. The minimum Gasteiger partial charge on any atom is -0.271 e. The van der Waals surface area contributed by atoms with Gasteiger partial charge in [0.25, 0.3) is 0 Å². The summed E-state index contributed by atoms with van der Waals surface area (Å²) in [5.74, 6) is 5.27. The van der Waals surface area contributed by atoms with Gasteiger partial charge in [-0.3, -0.25) is 11.3 Å². The lowest BCUT2D eigenvalue weighted by molar-refractivity contribution is 0.603. The van der Waals surface area contributed by atoms with Crippen molar-refractivity contribution in [2.75, 3.05) is 0 Å². The maximum absolute atomic E-state index is 5.94. The highest BCUT2D eigenvalue weighted by atomic mass is 35.5. The standard InChI is InChI=1S/C8H10Cl2N2/c1-5(12-11)6-3-2-4-7(9)8(6)10/h2-5,12H,11H2,1H3/t5-/m0/s1. The van der Waals surface area contributed by atoms with Gasteiger partial charge in [0.05, 0.1) is 10.0 Å². The number of hydrogen-bond acceptors (Lipinski definition) is 2. The van der Waals surface area contributed by atoms with Crippen LogP contribution in [0.5, 0.6) is 0 Å². The second-order valence-electron chi connectivity index (χ2n) is 2.53. The first-order valence-corrected chi connectivity index (χ1v) is 4.32. The lowest BCUT2D eigenvalue weighted by atomic mass is 10.1. The fourth-order valence-corrected chi connectivity index (χ4v) is 1.42. The van der Waals surface area contributed by atoms with E-state index in [1.807, 2.05) is 19.1 Å². The summed E-state index contributed by atoms with van der Waals surface area (Å²) in [5, 5.41) is 1.11. The largest absolute Gasteiger partial charge is 0.271 e. The van der Waals surface area contributed by atoms with E-state index in [0.29, 0.717) is 10.0 Å². The zero-order valence-corrected chi connectivity index (χ0v) is 8.15. The molecule has 66 valence electrons. The molecule has 0 heterocycles. The monoisotopic (exact) mass is 204 g/mol. The van der Waals surface area contributed by atoms with Crippen molar-refractivity contribution in [3.05, 3.63) is 33.8 Å². The summed E-state index contributed by atoms with van der Waals surface area (Å²) in [6, 6.07) is 5.49. The van der Waals surface area contributed by atoms with E-state index < -0.39 is 0 Å². The van der Waals surface area contributed by atoms with Gasteiger partial charge >= 0.3 is 0 Å². The Morgan fingerprint density at radius 3 is 2.67 bits per heavy atom. The number of rotatable bonds is 2. The highest BCUT2D eigenvalue weighted by Crippen LogP contribution is 2.29. The van der Waals surface area contributed by atoms with E-state index in [4.69, 9.17) is 29.0 Å². The van der Waals surface area contributed by atoms with Crippen molar-refractivity contribution in [3.8, 4) is 0 Å². The summed E-state index contributed by atoms with van der Waals surface area (Å²) in [6.07, 6.45) is 0. The molecule has 0 spiro atoms. The van der Waals surface area contributed by atoms with E-state index in [-0.39, 0.29) is 6.04 Å². The van der Waals surface area contributed by atoms with E-state index in [1.165, 1.54) is 0 Å². The van der Waals surface area contributed by atoms with E-state index >= 15 is 0 Å². The Morgan fingerprint density at radius 1 is 1.42 bits per heavy atom. The minimum absolute atomic E-state index is 0.0104. The highest BCUT2D eigenvalue weighted by molar-refractivity contribution is 6.42. The molecule has 3 N–H and O–H groups in total. The van der Waals surface area contributed by atoms with Gasteiger partial charge in [0.2, 0.25) is 0 Å². The molecule has 0 saturated carbocycles. The zero-order chi connectivity index (χ0) is 9.14. The van der Waals surface area contributed by atoms with E-state index in [9.17, 15) is 0 Å². The number of benzene rings is 1. The van der Waals surface area contributed by atoms with Crippen LogP contribution >= 0.6 is 23.2 Å². The van der Waals surface area contributed by atoms with Gasteiger partial charge in [-0.25, -0.2) is 0 Å². The Hall–Kier alpha value is -0.280. The van der Waals surface area contributed by atoms with Crippen LogP contribution in [0.3, 0.4) is 0 Å². The van der Waals surface area contributed by atoms with Crippen molar-refractivity contribution in [3.63, 3.8) is 0 Å². The van der Waals surface area contributed by atoms with Crippen molar-refractivity contribution in [2.45, 2.75) is 13.0 Å². The molecule has 1 rings (SSSR count). The van der Waals surface area contributed by atoms with Gasteiger partial charge in [0.1, 0.15) is 0 Å². The molecule has 1 aromatic rings. The molecule has 0 radical (unpaired) electrons. The van der Waals surface area contributed by atoms with Crippen molar-refractivity contribution in [1.82, 2.24) is 5.43 Å².